The summed E-state index contributed by atoms with van der Waals surface area (Å²) in [5.41, 5.74) is 0.671. The molecule has 0 aliphatic rings. The Bertz CT molecular complexity index is 164. The first-order valence-corrected chi connectivity index (χ1v) is 3.77. The Morgan fingerprint density at radius 3 is 2.45 bits per heavy atom. The van der Waals surface area contributed by atoms with Gasteiger partial charge in [0.2, 0.25) is 0 Å². The van der Waals surface area contributed by atoms with Crippen molar-refractivity contribution < 1.29 is 5.03 Å². The fraction of sp³-hybridized carbons (Fsp3) is 0.857. The molecule has 0 aliphatic heterocycles. The van der Waals surface area contributed by atoms with Crippen LogP contribution in [0.25, 0.3) is 0 Å². The zero-order valence-electron chi connectivity index (χ0n) is 7.20. The van der Waals surface area contributed by atoms with Crippen molar-refractivity contribution in [1.29, 1.82) is 0 Å². The van der Waals surface area contributed by atoms with Crippen molar-refractivity contribution in [2.24, 2.45) is 11.0 Å². The molecule has 0 aromatic rings. The van der Waals surface area contributed by atoms with E-state index in [0.29, 0.717) is 18.1 Å². The number of hydrogen-bond acceptors (Lipinski definition) is 2. The summed E-state index contributed by atoms with van der Waals surface area (Å²) in [6, 6.07) is 0. The summed E-state index contributed by atoms with van der Waals surface area (Å²) < 4.78 is 0. The quantitative estimate of drug-likeness (QED) is 0.357. The van der Waals surface area contributed by atoms with Crippen LogP contribution in [-0.4, -0.2) is 10.7 Å². The lowest BCUT2D eigenvalue weighted by Crippen LogP contribution is -2.04. The van der Waals surface area contributed by atoms with Crippen molar-refractivity contribution in [3.05, 3.63) is 10.1 Å². The molecular weight excluding hydrogens is 144 g/mol. The van der Waals surface area contributed by atoms with Crippen molar-refractivity contribution >= 4 is 5.71 Å². The fourth-order valence-electron chi connectivity index (χ4n) is 0.843. The Labute approximate surface area is 66.4 Å². The van der Waals surface area contributed by atoms with Crippen LogP contribution in [0.5, 0.6) is 0 Å². The molecule has 0 unspecified atom stereocenters. The predicted octanol–water partition coefficient (Wildman–Crippen LogP) is 2.08. The third kappa shape index (κ3) is 5.51. The molecule has 0 spiro atoms. The highest BCUT2D eigenvalue weighted by atomic mass is 16.7. The second kappa shape index (κ2) is 4.82. The molecule has 0 atom stereocenters. The first-order chi connectivity index (χ1) is 5.06. The van der Waals surface area contributed by atoms with Gasteiger partial charge in [0.15, 0.2) is 5.03 Å². The van der Waals surface area contributed by atoms with Crippen LogP contribution in [0.4, 0.5) is 0 Å². The molecule has 0 fully saturated rings. The summed E-state index contributed by atoms with van der Waals surface area (Å²) in [4.78, 5) is 9.97. The Morgan fingerprint density at radius 2 is 2.18 bits per heavy atom. The molecule has 4 heteroatoms. The van der Waals surface area contributed by atoms with Crippen LogP contribution in [0.1, 0.15) is 33.6 Å². The fourth-order valence-corrected chi connectivity index (χ4v) is 0.843. The Kier molecular flexibility index (Phi) is 4.41. The largest absolute Gasteiger partial charge is 0.233 e. The lowest BCUT2D eigenvalue weighted by Gasteiger charge is -2.01. The lowest BCUT2D eigenvalue weighted by molar-refractivity contribution is -0.485. The first-order valence-electron chi connectivity index (χ1n) is 3.77. The normalized spacial score (nSPS) is 12.2. The SMILES string of the molecule is CC/C(CC(C)C)=N\[N+](=O)[O-]. The van der Waals surface area contributed by atoms with Gasteiger partial charge in [-0.1, -0.05) is 20.8 Å². The average Bonchev–Trinajstić information content (AvgIpc) is 1.84. The van der Waals surface area contributed by atoms with E-state index < -0.39 is 5.03 Å². The van der Waals surface area contributed by atoms with Gasteiger partial charge in [0.25, 0.3) is 0 Å². The molecule has 0 heterocycles. The summed E-state index contributed by atoms with van der Waals surface area (Å²) in [7, 11) is 0. The molecule has 0 N–H and O–H groups in total. The average molecular weight is 158 g/mol. The molecule has 0 aliphatic carbocycles. The smallest absolute Gasteiger partial charge is 0.190 e. The highest BCUT2D eigenvalue weighted by molar-refractivity contribution is 5.83. The molecule has 0 saturated heterocycles. The van der Waals surface area contributed by atoms with E-state index in [1.165, 1.54) is 0 Å². The van der Waals surface area contributed by atoms with E-state index in [9.17, 15) is 10.1 Å². The molecule has 4 nitrogen and oxygen atoms in total. The van der Waals surface area contributed by atoms with Crippen molar-refractivity contribution in [3.63, 3.8) is 0 Å². The van der Waals surface area contributed by atoms with Crippen molar-refractivity contribution in [2.45, 2.75) is 33.6 Å². The zero-order chi connectivity index (χ0) is 8.85. The van der Waals surface area contributed by atoms with E-state index in [4.69, 9.17) is 0 Å². The highest BCUT2D eigenvalue weighted by Crippen LogP contribution is 2.04. The number of nitro groups is 1. The molecule has 0 bridgehead atoms. The predicted molar refractivity (Wildman–Crippen MR) is 44.2 cm³/mol. The Balaban J connectivity index is 4.05. The molecule has 0 rings (SSSR count). The van der Waals surface area contributed by atoms with Gasteiger partial charge in [-0.25, -0.2) is 10.1 Å². The van der Waals surface area contributed by atoms with Gasteiger partial charge < -0.3 is 0 Å². The van der Waals surface area contributed by atoms with E-state index in [2.05, 4.69) is 5.10 Å². The zero-order valence-corrected chi connectivity index (χ0v) is 7.20. The van der Waals surface area contributed by atoms with Crippen molar-refractivity contribution in [2.75, 3.05) is 0 Å². The van der Waals surface area contributed by atoms with Crippen molar-refractivity contribution in [3.8, 4) is 0 Å². The van der Waals surface area contributed by atoms with Gasteiger partial charge >= 0.3 is 0 Å². The monoisotopic (exact) mass is 158 g/mol. The lowest BCUT2D eigenvalue weighted by atomic mass is 10.1. The summed E-state index contributed by atoms with van der Waals surface area (Å²) in [5, 5.41) is 12.6. The summed E-state index contributed by atoms with van der Waals surface area (Å²) in [6.45, 7) is 5.92. The standard InChI is InChI=1S/C7H14N2O2/c1-4-7(5-6(2)3)8-9(10)11/h6H,4-5H2,1-3H3/b8-7+. The van der Waals surface area contributed by atoms with Gasteiger partial charge in [0.1, 0.15) is 0 Å². The van der Waals surface area contributed by atoms with Gasteiger partial charge in [0.05, 0.1) is 10.8 Å². The summed E-state index contributed by atoms with van der Waals surface area (Å²) in [5.74, 6) is 0.439. The van der Waals surface area contributed by atoms with Crippen LogP contribution >= 0.6 is 0 Å². The summed E-state index contributed by atoms with van der Waals surface area (Å²) in [6.07, 6.45) is 1.39. The molecular formula is C7H14N2O2. The van der Waals surface area contributed by atoms with Gasteiger partial charge in [-0.15, -0.1) is 0 Å². The van der Waals surface area contributed by atoms with E-state index in [0.717, 1.165) is 6.42 Å². The molecule has 64 valence electrons. The molecule has 0 aromatic carbocycles. The number of rotatable bonds is 4. The Hall–Kier alpha value is -0.930. The maximum absolute atomic E-state index is 9.97. The highest BCUT2D eigenvalue weighted by Gasteiger charge is 2.04. The van der Waals surface area contributed by atoms with Crippen LogP contribution in [0.15, 0.2) is 5.10 Å². The third-order valence-electron chi connectivity index (χ3n) is 1.28. The molecule has 11 heavy (non-hydrogen) atoms. The van der Waals surface area contributed by atoms with Gasteiger partial charge in [-0.3, -0.25) is 0 Å². The topological polar surface area (TPSA) is 55.5 Å². The van der Waals surface area contributed by atoms with Gasteiger partial charge in [-0.2, -0.15) is 0 Å². The van der Waals surface area contributed by atoms with Crippen LogP contribution in [0, 0.1) is 16.0 Å². The number of nitrogens with zero attached hydrogens (tertiary/aromatic N) is 2. The molecule has 0 amide bonds. The minimum atomic E-state index is -0.624. The molecule has 0 aromatic heterocycles. The molecule has 0 radical (unpaired) electrons. The van der Waals surface area contributed by atoms with Crippen LogP contribution < -0.4 is 0 Å². The second-order valence-electron chi connectivity index (χ2n) is 2.86. The first kappa shape index (κ1) is 10.1. The second-order valence-corrected chi connectivity index (χ2v) is 2.86. The van der Waals surface area contributed by atoms with Gasteiger partial charge in [0, 0.05) is 0 Å². The number of hydrazone groups is 1. The minimum Gasteiger partial charge on any atom is -0.233 e. The van der Waals surface area contributed by atoms with E-state index in [1.54, 1.807) is 0 Å². The van der Waals surface area contributed by atoms with E-state index in [1.807, 2.05) is 20.8 Å². The van der Waals surface area contributed by atoms with Gasteiger partial charge in [-0.05, 0) is 18.8 Å². The maximum atomic E-state index is 9.97. The van der Waals surface area contributed by atoms with Crippen molar-refractivity contribution in [1.82, 2.24) is 0 Å². The number of hydrogen-bond donors (Lipinski definition) is 0. The van der Waals surface area contributed by atoms with Crippen LogP contribution in [0.2, 0.25) is 0 Å². The van der Waals surface area contributed by atoms with E-state index in [-0.39, 0.29) is 0 Å². The van der Waals surface area contributed by atoms with E-state index >= 15 is 0 Å². The van der Waals surface area contributed by atoms with Crippen LogP contribution in [-0.2, 0) is 0 Å². The third-order valence-corrected chi connectivity index (χ3v) is 1.28. The van der Waals surface area contributed by atoms with Crippen LogP contribution in [0.3, 0.4) is 0 Å². The Morgan fingerprint density at radius 1 is 1.64 bits per heavy atom. The minimum absolute atomic E-state index is 0.439. The maximum Gasteiger partial charge on any atom is 0.190 e. The summed E-state index contributed by atoms with van der Waals surface area (Å²) >= 11 is 0. The molecule has 0 saturated carbocycles.